The zero-order chi connectivity index (χ0) is 20.6. The summed E-state index contributed by atoms with van der Waals surface area (Å²) < 4.78 is 6.76. The molecule has 3 aromatic rings. The van der Waals surface area contributed by atoms with Crippen LogP contribution in [0.15, 0.2) is 47.5 Å². The maximum absolute atomic E-state index is 12.1. The molecule has 8 nitrogen and oxygen atoms in total. The minimum Gasteiger partial charge on any atom is -0.465 e. The highest BCUT2D eigenvalue weighted by Crippen LogP contribution is 2.24. The highest BCUT2D eigenvalue weighted by Gasteiger charge is 2.20. The van der Waals surface area contributed by atoms with Gasteiger partial charge < -0.3 is 10.1 Å². The van der Waals surface area contributed by atoms with Crippen LogP contribution in [-0.4, -0.2) is 50.1 Å². The number of esters is 1. The Morgan fingerprint density at radius 3 is 2.66 bits per heavy atom. The first kappa shape index (κ1) is 20.8. The molecule has 1 aromatic carbocycles. The smallest absolute Gasteiger partial charge is 0.319 e. The number of benzene rings is 1. The van der Waals surface area contributed by atoms with Gasteiger partial charge in [0.25, 0.3) is 5.91 Å². The van der Waals surface area contributed by atoms with E-state index < -0.39 is 0 Å². The average molecular weight is 414 g/mol. The maximum Gasteiger partial charge on any atom is 0.319 e. The molecule has 2 heterocycles. The Morgan fingerprint density at radius 1 is 1.14 bits per heavy atom. The monoisotopic (exact) mass is 413 g/mol. The van der Waals surface area contributed by atoms with Crippen LogP contribution >= 0.6 is 11.8 Å². The summed E-state index contributed by atoms with van der Waals surface area (Å²) in [6, 6.07) is 12.7. The number of fused-ring (bicyclic) bond motifs is 1. The lowest BCUT2D eigenvalue weighted by Crippen LogP contribution is -2.26. The number of ether oxygens (including phenoxy) is 1. The third-order valence-corrected chi connectivity index (χ3v) is 5.43. The fourth-order valence-corrected chi connectivity index (χ4v) is 3.59. The summed E-state index contributed by atoms with van der Waals surface area (Å²) in [5.74, 6) is 0.262. The minimum atomic E-state index is -0.315. The number of carbonyl (C=O) groups is 2. The van der Waals surface area contributed by atoms with Gasteiger partial charge >= 0.3 is 5.97 Å². The van der Waals surface area contributed by atoms with Crippen LogP contribution in [0.2, 0.25) is 0 Å². The zero-order valence-electron chi connectivity index (χ0n) is 16.4. The van der Waals surface area contributed by atoms with Crippen molar-refractivity contribution in [3.05, 3.63) is 53.9 Å². The molecular weight excluding hydrogens is 390 g/mol. The van der Waals surface area contributed by atoms with Crippen molar-refractivity contribution in [3.63, 3.8) is 0 Å². The normalized spacial score (nSPS) is 11.9. The fourth-order valence-electron chi connectivity index (χ4n) is 2.69. The number of carbonyl (C=O) groups excluding carboxylic acids is 2. The first-order valence-electron chi connectivity index (χ1n) is 9.50. The van der Waals surface area contributed by atoms with E-state index in [1.165, 1.54) is 11.8 Å². The third-order valence-electron chi connectivity index (χ3n) is 4.16. The Balaban J connectivity index is 1.66. The van der Waals surface area contributed by atoms with Gasteiger partial charge in [-0.25, -0.2) is 0 Å². The number of aromatic nitrogens is 4. The van der Waals surface area contributed by atoms with Crippen LogP contribution < -0.4 is 5.32 Å². The Labute approximate surface area is 173 Å². The SMILES string of the molecule is CCOC(=O)[C@@H](CC)Sc1ccc2nnc(CCNC(=O)c3ccccc3)n2n1. The third kappa shape index (κ3) is 5.32. The molecule has 0 bridgehead atoms. The molecule has 0 radical (unpaired) electrons. The molecule has 1 N–H and O–H groups in total. The van der Waals surface area contributed by atoms with Crippen LogP contribution in [0.4, 0.5) is 0 Å². The van der Waals surface area contributed by atoms with E-state index in [0.29, 0.717) is 48.1 Å². The Hall–Kier alpha value is -2.94. The number of hydrogen-bond donors (Lipinski definition) is 1. The van der Waals surface area contributed by atoms with Crippen molar-refractivity contribution in [2.45, 2.75) is 37.0 Å². The summed E-state index contributed by atoms with van der Waals surface area (Å²) >= 11 is 1.36. The van der Waals surface area contributed by atoms with E-state index in [1.807, 2.05) is 37.3 Å². The first-order chi connectivity index (χ1) is 14.1. The van der Waals surface area contributed by atoms with Crippen molar-refractivity contribution in [1.29, 1.82) is 0 Å². The van der Waals surface area contributed by atoms with E-state index >= 15 is 0 Å². The summed E-state index contributed by atoms with van der Waals surface area (Å²) in [5.41, 5.74) is 1.22. The van der Waals surface area contributed by atoms with Crippen molar-refractivity contribution < 1.29 is 14.3 Å². The summed E-state index contributed by atoms with van der Waals surface area (Å²) in [6.45, 7) is 4.49. The molecule has 0 aliphatic heterocycles. The van der Waals surface area contributed by atoms with E-state index in [9.17, 15) is 9.59 Å². The lowest BCUT2D eigenvalue weighted by Gasteiger charge is -2.12. The largest absolute Gasteiger partial charge is 0.465 e. The molecule has 9 heteroatoms. The van der Waals surface area contributed by atoms with Gasteiger partial charge in [0.1, 0.15) is 10.3 Å². The Kier molecular flexibility index (Phi) is 7.18. The van der Waals surface area contributed by atoms with Crippen LogP contribution in [-0.2, 0) is 16.0 Å². The van der Waals surface area contributed by atoms with Gasteiger partial charge in [-0.15, -0.1) is 10.2 Å². The molecule has 0 saturated heterocycles. The van der Waals surface area contributed by atoms with Gasteiger partial charge in [0.2, 0.25) is 0 Å². The van der Waals surface area contributed by atoms with Gasteiger partial charge in [0, 0.05) is 18.5 Å². The second-order valence-electron chi connectivity index (χ2n) is 6.20. The van der Waals surface area contributed by atoms with Gasteiger partial charge in [-0.05, 0) is 37.6 Å². The predicted molar refractivity (Wildman–Crippen MR) is 110 cm³/mol. The zero-order valence-corrected chi connectivity index (χ0v) is 17.2. The predicted octanol–water partition coefficient (Wildman–Crippen LogP) is 2.53. The van der Waals surface area contributed by atoms with Crippen molar-refractivity contribution in [2.24, 2.45) is 0 Å². The lowest BCUT2D eigenvalue weighted by molar-refractivity contribution is -0.142. The van der Waals surface area contributed by atoms with Crippen LogP contribution in [0.1, 0.15) is 36.5 Å². The fraction of sp³-hybridized carbons (Fsp3) is 0.350. The van der Waals surface area contributed by atoms with E-state index in [-0.39, 0.29) is 17.1 Å². The molecule has 152 valence electrons. The molecule has 0 spiro atoms. The Bertz CT molecular complexity index is 977. The van der Waals surface area contributed by atoms with E-state index in [4.69, 9.17) is 4.74 Å². The molecule has 0 saturated carbocycles. The summed E-state index contributed by atoms with van der Waals surface area (Å²) in [4.78, 5) is 24.2. The number of nitrogens with zero attached hydrogens (tertiary/aromatic N) is 4. The molecule has 1 amide bonds. The number of thioether (sulfide) groups is 1. The number of rotatable bonds is 9. The van der Waals surface area contributed by atoms with Crippen molar-refractivity contribution in [1.82, 2.24) is 25.1 Å². The molecular formula is C20H23N5O3S. The second kappa shape index (κ2) is 10.0. The summed E-state index contributed by atoms with van der Waals surface area (Å²) in [6.07, 6.45) is 1.12. The second-order valence-corrected chi connectivity index (χ2v) is 7.42. The quantitative estimate of drug-likeness (QED) is 0.425. The molecule has 0 aliphatic rings. The van der Waals surface area contributed by atoms with E-state index in [0.717, 1.165) is 0 Å². The highest BCUT2D eigenvalue weighted by atomic mass is 32.2. The number of hydrogen-bond acceptors (Lipinski definition) is 7. The molecule has 0 unspecified atom stereocenters. The minimum absolute atomic E-state index is 0.135. The standard InChI is InChI=1S/C20H23N5O3S/c1-3-15(20(27)28-4-2)29-18-11-10-16-22-23-17(25(16)24-18)12-13-21-19(26)14-8-6-5-7-9-14/h5-11,15H,3-4,12-13H2,1-2H3,(H,21,26)/t15-/m1/s1. The highest BCUT2D eigenvalue weighted by molar-refractivity contribution is 8.00. The average Bonchev–Trinajstić information content (AvgIpc) is 3.15. The van der Waals surface area contributed by atoms with Gasteiger partial charge in [-0.3, -0.25) is 9.59 Å². The van der Waals surface area contributed by atoms with Crippen molar-refractivity contribution >= 4 is 29.3 Å². The Morgan fingerprint density at radius 2 is 1.93 bits per heavy atom. The van der Waals surface area contributed by atoms with Gasteiger partial charge in [0.15, 0.2) is 11.5 Å². The van der Waals surface area contributed by atoms with Gasteiger partial charge in [-0.2, -0.15) is 9.61 Å². The molecule has 1 atom stereocenters. The van der Waals surface area contributed by atoms with E-state index in [2.05, 4.69) is 20.6 Å². The van der Waals surface area contributed by atoms with Gasteiger partial charge in [-0.1, -0.05) is 36.9 Å². The van der Waals surface area contributed by atoms with Crippen molar-refractivity contribution in [3.8, 4) is 0 Å². The van der Waals surface area contributed by atoms with Crippen LogP contribution in [0.25, 0.3) is 5.65 Å². The van der Waals surface area contributed by atoms with Crippen LogP contribution in [0, 0.1) is 0 Å². The van der Waals surface area contributed by atoms with Crippen molar-refractivity contribution in [2.75, 3.05) is 13.2 Å². The van der Waals surface area contributed by atoms with Crippen LogP contribution in [0.5, 0.6) is 0 Å². The molecule has 0 fully saturated rings. The summed E-state index contributed by atoms with van der Waals surface area (Å²) in [5, 5.41) is 16.1. The molecule has 0 aliphatic carbocycles. The lowest BCUT2D eigenvalue weighted by atomic mass is 10.2. The first-order valence-corrected chi connectivity index (χ1v) is 10.4. The topological polar surface area (TPSA) is 98.5 Å². The molecule has 2 aromatic heterocycles. The number of nitrogens with one attached hydrogen (secondary N) is 1. The number of amides is 1. The van der Waals surface area contributed by atoms with Crippen LogP contribution in [0.3, 0.4) is 0 Å². The summed E-state index contributed by atoms with van der Waals surface area (Å²) in [7, 11) is 0. The molecule has 29 heavy (non-hydrogen) atoms. The maximum atomic E-state index is 12.1. The molecule has 3 rings (SSSR count). The van der Waals surface area contributed by atoms with E-state index in [1.54, 1.807) is 23.6 Å². The van der Waals surface area contributed by atoms with Gasteiger partial charge in [0.05, 0.1) is 6.61 Å².